The minimum Gasteiger partial charge on any atom is -0.394 e. The van der Waals surface area contributed by atoms with Crippen LogP contribution >= 0.6 is 0 Å². The smallest absolute Gasteiger partial charge is 0.243 e. The molecule has 2 nitrogen and oxygen atoms in total. The number of rotatable bonds is 1. The normalized spacial score (nSPS) is 8.33. The Labute approximate surface area is 38.2 Å². The fourth-order valence-electron chi connectivity index (χ4n) is 0.121. The summed E-state index contributed by atoms with van der Waals surface area (Å²) in [6.07, 6.45) is 0. The van der Waals surface area contributed by atoms with Crippen LogP contribution in [-0.2, 0) is 0 Å². The van der Waals surface area contributed by atoms with Crippen molar-refractivity contribution < 1.29 is 0 Å². The van der Waals surface area contributed by atoms with Gasteiger partial charge in [0.2, 0.25) is 6.67 Å². The second-order valence-corrected chi connectivity index (χ2v) is 1.16. The lowest BCUT2D eigenvalue weighted by Crippen LogP contribution is -2.05. The molecule has 0 saturated heterocycles. The van der Waals surface area contributed by atoms with Crippen LogP contribution in [0.15, 0.2) is 0 Å². The van der Waals surface area contributed by atoms with Gasteiger partial charge in [-0.2, -0.15) is 0 Å². The first-order valence-electron chi connectivity index (χ1n) is 1.62. The molecule has 0 N–H and O–H groups in total. The van der Waals surface area contributed by atoms with Crippen LogP contribution in [0, 0.1) is 13.6 Å². The molecule has 0 heterocycles. The maximum Gasteiger partial charge on any atom is 0.243 e. The molecule has 0 aliphatic heterocycles. The van der Waals surface area contributed by atoms with Gasteiger partial charge in [0.05, 0.1) is 0 Å². The van der Waals surface area contributed by atoms with Crippen LogP contribution < -0.4 is 0 Å². The highest BCUT2D eigenvalue weighted by molar-refractivity contribution is 4.55. The van der Waals surface area contributed by atoms with E-state index in [1.54, 1.807) is 11.9 Å². The SMILES string of the molecule is [C-]#[N+]CN([CH2-])C. The molecule has 6 heavy (non-hydrogen) atoms. The van der Waals surface area contributed by atoms with Crippen molar-refractivity contribution in [1.82, 2.24) is 4.90 Å². The van der Waals surface area contributed by atoms with Gasteiger partial charge < -0.3 is 9.74 Å². The van der Waals surface area contributed by atoms with E-state index in [4.69, 9.17) is 6.57 Å². The first-order chi connectivity index (χ1) is 2.77. The summed E-state index contributed by atoms with van der Waals surface area (Å²) in [5.41, 5.74) is 0. The van der Waals surface area contributed by atoms with E-state index in [0.29, 0.717) is 6.67 Å². The summed E-state index contributed by atoms with van der Waals surface area (Å²) in [6, 6.07) is 0. The number of hydrogen-bond donors (Lipinski definition) is 0. The third-order valence-corrected chi connectivity index (χ3v) is 0.312. The first kappa shape index (κ1) is 5.45. The molecule has 0 radical (unpaired) electrons. The van der Waals surface area contributed by atoms with Crippen LogP contribution in [0.4, 0.5) is 0 Å². The van der Waals surface area contributed by atoms with Crippen molar-refractivity contribution in [2.75, 3.05) is 13.7 Å². The van der Waals surface area contributed by atoms with Crippen molar-refractivity contribution in [1.29, 1.82) is 0 Å². The van der Waals surface area contributed by atoms with E-state index in [9.17, 15) is 0 Å². The molecule has 2 heteroatoms. The van der Waals surface area contributed by atoms with Crippen LogP contribution in [0.1, 0.15) is 0 Å². The second kappa shape index (κ2) is 2.67. The van der Waals surface area contributed by atoms with E-state index in [2.05, 4.69) is 11.9 Å². The van der Waals surface area contributed by atoms with E-state index in [-0.39, 0.29) is 0 Å². The van der Waals surface area contributed by atoms with Crippen molar-refractivity contribution in [3.8, 4) is 0 Å². The average Bonchev–Trinajstić information content (AvgIpc) is 1.35. The molecule has 0 bridgehead atoms. The Morgan fingerprint density at radius 2 is 2.50 bits per heavy atom. The van der Waals surface area contributed by atoms with Gasteiger partial charge >= 0.3 is 0 Å². The van der Waals surface area contributed by atoms with E-state index in [1.165, 1.54) is 0 Å². The molecule has 0 aliphatic carbocycles. The van der Waals surface area contributed by atoms with E-state index < -0.39 is 0 Å². The van der Waals surface area contributed by atoms with E-state index >= 15 is 0 Å². The Bertz CT molecular complexity index is 60.4. The van der Waals surface area contributed by atoms with Gasteiger partial charge in [0.25, 0.3) is 0 Å². The molecule has 0 atom stereocenters. The first-order valence-corrected chi connectivity index (χ1v) is 1.62. The zero-order valence-electron chi connectivity index (χ0n) is 3.81. The maximum absolute atomic E-state index is 6.28. The fourth-order valence-corrected chi connectivity index (χ4v) is 0.121. The number of nitrogens with zero attached hydrogens (tertiary/aromatic N) is 2. The Balaban J connectivity index is 2.88. The van der Waals surface area contributed by atoms with E-state index in [1.807, 2.05) is 0 Å². The van der Waals surface area contributed by atoms with Gasteiger partial charge in [-0.15, -0.1) is 0 Å². The van der Waals surface area contributed by atoms with Crippen LogP contribution in [-0.4, -0.2) is 18.6 Å². The van der Waals surface area contributed by atoms with Gasteiger partial charge in [-0.1, -0.05) is 0 Å². The molecule has 0 rings (SSSR count). The molecule has 0 spiro atoms. The average molecular weight is 83.1 g/mol. The summed E-state index contributed by atoms with van der Waals surface area (Å²) in [5.74, 6) is 0. The van der Waals surface area contributed by atoms with Crippen molar-refractivity contribution >= 4 is 0 Å². The van der Waals surface area contributed by atoms with Crippen LogP contribution in [0.2, 0.25) is 0 Å². The summed E-state index contributed by atoms with van der Waals surface area (Å²) in [5, 5.41) is 0. The van der Waals surface area contributed by atoms with Crippen LogP contribution in [0.3, 0.4) is 0 Å². The predicted molar refractivity (Wildman–Crippen MR) is 24.6 cm³/mol. The highest BCUT2D eigenvalue weighted by Gasteiger charge is 1.73. The van der Waals surface area contributed by atoms with Gasteiger partial charge in [0.15, 0.2) is 0 Å². The quantitative estimate of drug-likeness (QED) is 0.421. The summed E-state index contributed by atoms with van der Waals surface area (Å²) in [4.78, 5) is 4.62. The monoisotopic (exact) mass is 83.1 g/mol. The summed E-state index contributed by atoms with van der Waals surface area (Å²) in [7, 11) is 5.21. The van der Waals surface area contributed by atoms with Gasteiger partial charge in [-0.05, 0) is 7.05 Å². The minimum atomic E-state index is 0.389. The summed E-state index contributed by atoms with van der Waals surface area (Å²) in [6.45, 7) is 6.67. The van der Waals surface area contributed by atoms with Gasteiger partial charge in [-0.25, -0.2) is 6.57 Å². The highest BCUT2D eigenvalue weighted by Crippen LogP contribution is 1.72. The van der Waals surface area contributed by atoms with Crippen molar-refractivity contribution in [2.45, 2.75) is 0 Å². The third-order valence-electron chi connectivity index (χ3n) is 0.312. The van der Waals surface area contributed by atoms with Gasteiger partial charge in [0.1, 0.15) is 0 Å². The van der Waals surface area contributed by atoms with Crippen molar-refractivity contribution in [3.05, 3.63) is 18.5 Å². The maximum atomic E-state index is 6.28. The molecular weight excluding hydrogens is 76.1 g/mol. The van der Waals surface area contributed by atoms with Crippen LogP contribution in [0.25, 0.3) is 4.85 Å². The Morgan fingerprint density at radius 3 is 2.50 bits per heavy atom. The molecule has 34 valence electrons. The van der Waals surface area contributed by atoms with E-state index in [0.717, 1.165) is 0 Å². The highest BCUT2D eigenvalue weighted by atomic mass is 15.1. The lowest BCUT2D eigenvalue weighted by atomic mass is 10.9. The molecule has 0 unspecified atom stereocenters. The molecular formula is C4H7N2-. The molecule has 0 amide bonds. The van der Waals surface area contributed by atoms with Crippen molar-refractivity contribution in [3.63, 3.8) is 0 Å². The molecule has 0 saturated carbocycles. The topological polar surface area (TPSA) is 7.60 Å². The molecule has 0 aromatic carbocycles. The summed E-state index contributed by atoms with van der Waals surface area (Å²) >= 11 is 0. The summed E-state index contributed by atoms with van der Waals surface area (Å²) < 4.78 is 0. The van der Waals surface area contributed by atoms with Gasteiger partial charge in [0, 0.05) is 0 Å². The predicted octanol–water partition coefficient (Wildman–Crippen LogP) is 0.587. The Hall–Kier alpha value is -0.550. The standard InChI is InChI=1S/C4H7N2/c1-5-4-6(2)3/h2,4H2,3H3/q-1. The molecule has 0 aromatic rings. The van der Waals surface area contributed by atoms with Crippen LogP contribution in [0.5, 0.6) is 0 Å². The molecule has 0 fully saturated rings. The lowest BCUT2D eigenvalue weighted by molar-refractivity contribution is 0.501. The zero-order chi connectivity index (χ0) is 4.99. The zero-order valence-corrected chi connectivity index (χ0v) is 3.81. The third kappa shape index (κ3) is 3.45. The number of hydrogen-bond acceptors (Lipinski definition) is 1. The molecule has 0 aliphatic rings. The fraction of sp³-hybridized carbons (Fsp3) is 0.500. The minimum absolute atomic E-state index is 0.389. The second-order valence-electron chi connectivity index (χ2n) is 1.16. The largest absolute Gasteiger partial charge is 0.394 e. The molecule has 0 aromatic heterocycles. The van der Waals surface area contributed by atoms with Gasteiger partial charge in [-0.3, -0.25) is 7.05 Å². The lowest BCUT2D eigenvalue weighted by Gasteiger charge is -2.05. The Morgan fingerprint density at radius 1 is 2.00 bits per heavy atom. The van der Waals surface area contributed by atoms with Crippen molar-refractivity contribution in [2.24, 2.45) is 0 Å². The Kier molecular flexibility index (Phi) is 2.43.